The Morgan fingerprint density at radius 2 is 2.06 bits per heavy atom. The molecule has 0 aliphatic heterocycles. The number of carbonyl (C=O) groups is 1. The van der Waals surface area contributed by atoms with Gasteiger partial charge in [-0.25, -0.2) is 4.79 Å². The van der Waals surface area contributed by atoms with Crippen molar-refractivity contribution in [2.75, 3.05) is 13.2 Å². The van der Waals surface area contributed by atoms with Gasteiger partial charge in [0.05, 0.1) is 12.2 Å². The van der Waals surface area contributed by atoms with E-state index >= 15 is 0 Å². The summed E-state index contributed by atoms with van der Waals surface area (Å²) in [7, 11) is 0. The van der Waals surface area contributed by atoms with Gasteiger partial charge in [0, 0.05) is 6.61 Å². The van der Waals surface area contributed by atoms with E-state index in [0.29, 0.717) is 18.6 Å². The van der Waals surface area contributed by atoms with Crippen molar-refractivity contribution in [1.82, 2.24) is 0 Å². The molecule has 2 aromatic rings. The van der Waals surface area contributed by atoms with Gasteiger partial charge in [0.15, 0.2) is 0 Å². The van der Waals surface area contributed by atoms with E-state index in [4.69, 9.17) is 9.84 Å². The molecule has 0 bridgehead atoms. The van der Waals surface area contributed by atoms with Crippen LogP contribution in [0.5, 0.6) is 0 Å². The molecule has 0 saturated carbocycles. The highest BCUT2D eigenvalue weighted by Crippen LogP contribution is 2.22. The number of rotatable bonds is 4. The molecule has 0 amide bonds. The molecule has 2 rings (SSSR count). The van der Waals surface area contributed by atoms with Crippen LogP contribution in [0, 0.1) is 0 Å². The molecule has 0 spiro atoms. The van der Waals surface area contributed by atoms with E-state index in [9.17, 15) is 4.79 Å². The van der Waals surface area contributed by atoms with Gasteiger partial charge in [-0.3, -0.25) is 0 Å². The molecule has 0 radical (unpaired) electrons. The van der Waals surface area contributed by atoms with Crippen LogP contribution in [0.4, 0.5) is 0 Å². The Balaban J connectivity index is 2.53. The Kier molecular flexibility index (Phi) is 3.95. The first-order valence-corrected chi connectivity index (χ1v) is 6.06. The summed E-state index contributed by atoms with van der Waals surface area (Å²) >= 11 is 0. The SMILES string of the molecule is CCOC(=O)c1cc(CCO)c2ccccc2c1. The zero-order chi connectivity index (χ0) is 13.0. The zero-order valence-electron chi connectivity index (χ0n) is 10.3. The number of benzene rings is 2. The summed E-state index contributed by atoms with van der Waals surface area (Å²) in [5.41, 5.74) is 1.51. The maximum absolute atomic E-state index is 11.8. The lowest BCUT2D eigenvalue weighted by atomic mass is 9.99. The summed E-state index contributed by atoms with van der Waals surface area (Å²) in [5.74, 6) is -0.317. The Hall–Kier alpha value is -1.87. The van der Waals surface area contributed by atoms with Crippen LogP contribution >= 0.6 is 0 Å². The Morgan fingerprint density at radius 1 is 1.28 bits per heavy atom. The molecule has 0 atom stereocenters. The average Bonchev–Trinajstić information content (AvgIpc) is 2.39. The van der Waals surface area contributed by atoms with Crippen LogP contribution in [0.25, 0.3) is 10.8 Å². The van der Waals surface area contributed by atoms with Crippen molar-refractivity contribution < 1.29 is 14.6 Å². The first-order chi connectivity index (χ1) is 8.76. The van der Waals surface area contributed by atoms with Crippen molar-refractivity contribution in [1.29, 1.82) is 0 Å². The molecule has 0 unspecified atom stereocenters. The van der Waals surface area contributed by atoms with E-state index in [0.717, 1.165) is 16.3 Å². The second-order valence-electron chi connectivity index (χ2n) is 4.05. The van der Waals surface area contributed by atoms with Crippen molar-refractivity contribution >= 4 is 16.7 Å². The third kappa shape index (κ3) is 2.51. The largest absolute Gasteiger partial charge is 0.462 e. The average molecular weight is 244 g/mol. The quantitative estimate of drug-likeness (QED) is 0.841. The van der Waals surface area contributed by atoms with Crippen molar-refractivity contribution in [3.63, 3.8) is 0 Å². The van der Waals surface area contributed by atoms with Crippen LogP contribution in [0.2, 0.25) is 0 Å². The molecular weight excluding hydrogens is 228 g/mol. The van der Waals surface area contributed by atoms with E-state index < -0.39 is 0 Å². The topological polar surface area (TPSA) is 46.5 Å². The second kappa shape index (κ2) is 5.65. The van der Waals surface area contributed by atoms with Crippen LogP contribution in [0.3, 0.4) is 0 Å². The zero-order valence-corrected chi connectivity index (χ0v) is 10.3. The number of esters is 1. The molecule has 94 valence electrons. The highest BCUT2D eigenvalue weighted by atomic mass is 16.5. The summed E-state index contributed by atoms with van der Waals surface area (Å²) < 4.78 is 5.01. The third-order valence-electron chi connectivity index (χ3n) is 2.84. The maximum Gasteiger partial charge on any atom is 0.338 e. The number of hydrogen-bond donors (Lipinski definition) is 1. The van der Waals surface area contributed by atoms with Crippen LogP contribution in [0.1, 0.15) is 22.8 Å². The fourth-order valence-corrected chi connectivity index (χ4v) is 2.05. The van der Waals surface area contributed by atoms with Gasteiger partial charge in [0.2, 0.25) is 0 Å². The van der Waals surface area contributed by atoms with Crippen molar-refractivity contribution in [3.05, 3.63) is 47.5 Å². The van der Waals surface area contributed by atoms with E-state index in [1.165, 1.54) is 0 Å². The highest BCUT2D eigenvalue weighted by molar-refractivity contribution is 5.97. The first kappa shape index (κ1) is 12.6. The van der Waals surface area contributed by atoms with Crippen molar-refractivity contribution in [2.24, 2.45) is 0 Å². The van der Waals surface area contributed by atoms with Crippen LogP contribution in [-0.4, -0.2) is 24.3 Å². The number of carbonyl (C=O) groups excluding carboxylic acids is 1. The lowest BCUT2D eigenvalue weighted by Crippen LogP contribution is -2.06. The van der Waals surface area contributed by atoms with E-state index in [-0.39, 0.29) is 12.6 Å². The number of ether oxygens (including phenoxy) is 1. The van der Waals surface area contributed by atoms with Gasteiger partial charge >= 0.3 is 5.97 Å². The predicted molar refractivity (Wildman–Crippen MR) is 70.7 cm³/mol. The summed E-state index contributed by atoms with van der Waals surface area (Å²) in [6.45, 7) is 2.21. The third-order valence-corrected chi connectivity index (χ3v) is 2.84. The fraction of sp³-hybridized carbons (Fsp3) is 0.267. The van der Waals surface area contributed by atoms with Gasteiger partial charge in [-0.15, -0.1) is 0 Å². The van der Waals surface area contributed by atoms with E-state index in [1.807, 2.05) is 30.3 Å². The summed E-state index contributed by atoms with van der Waals surface area (Å²) in [6, 6.07) is 11.5. The van der Waals surface area contributed by atoms with Gasteiger partial charge in [-0.1, -0.05) is 24.3 Å². The van der Waals surface area contributed by atoms with Crippen molar-refractivity contribution in [2.45, 2.75) is 13.3 Å². The lowest BCUT2D eigenvalue weighted by molar-refractivity contribution is 0.0526. The molecule has 0 heterocycles. The van der Waals surface area contributed by atoms with E-state index in [1.54, 1.807) is 13.0 Å². The standard InChI is InChI=1S/C15H16O3/c1-2-18-15(17)13-9-11-5-3-4-6-14(11)12(10-13)7-8-16/h3-6,9-10,16H,2,7-8H2,1H3. The molecule has 18 heavy (non-hydrogen) atoms. The summed E-state index contributed by atoms with van der Waals surface area (Å²) in [5, 5.41) is 11.2. The Morgan fingerprint density at radius 3 is 2.78 bits per heavy atom. The number of aliphatic hydroxyl groups is 1. The molecular formula is C15H16O3. The van der Waals surface area contributed by atoms with Gasteiger partial charge in [0.1, 0.15) is 0 Å². The maximum atomic E-state index is 11.8. The minimum absolute atomic E-state index is 0.0657. The minimum atomic E-state index is -0.317. The first-order valence-electron chi connectivity index (χ1n) is 6.06. The minimum Gasteiger partial charge on any atom is -0.462 e. The molecule has 1 N–H and O–H groups in total. The molecule has 3 heteroatoms. The number of hydrogen-bond acceptors (Lipinski definition) is 3. The monoisotopic (exact) mass is 244 g/mol. The lowest BCUT2D eigenvalue weighted by Gasteiger charge is -2.09. The molecule has 0 aliphatic carbocycles. The molecule has 3 nitrogen and oxygen atoms in total. The Labute approximate surface area is 106 Å². The number of fused-ring (bicyclic) bond motifs is 1. The normalized spacial score (nSPS) is 10.6. The van der Waals surface area contributed by atoms with Crippen LogP contribution < -0.4 is 0 Å². The molecule has 0 fully saturated rings. The molecule has 0 saturated heterocycles. The summed E-state index contributed by atoms with van der Waals surface area (Å²) in [4.78, 5) is 11.8. The predicted octanol–water partition coefficient (Wildman–Crippen LogP) is 2.55. The van der Waals surface area contributed by atoms with Crippen molar-refractivity contribution in [3.8, 4) is 0 Å². The summed E-state index contributed by atoms with van der Waals surface area (Å²) in [6.07, 6.45) is 0.535. The van der Waals surface area contributed by atoms with Crippen LogP contribution in [0.15, 0.2) is 36.4 Å². The van der Waals surface area contributed by atoms with Gasteiger partial charge < -0.3 is 9.84 Å². The van der Waals surface area contributed by atoms with Gasteiger partial charge in [-0.05, 0) is 41.8 Å². The highest BCUT2D eigenvalue weighted by Gasteiger charge is 2.10. The molecule has 0 aliphatic rings. The van der Waals surface area contributed by atoms with E-state index in [2.05, 4.69) is 0 Å². The van der Waals surface area contributed by atoms with Crippen LogP contribution in [-0.2, 0) is 11.2 Å². The molecule has 2 aromatic carbocycles. The smallest absolute Gasteiger partial charge is 0.338 e. The van der Waals surface area contributed by atoms with Gasteiger partial charge in [0.25, 0.3) is 0 Å². The number of aliphatic hydroxyl groups excluding tert-OH is 1. The van der Waals surface area contributed by atoms with Gasteiger partial charge in [-0.2, -0.15) is 0 Å². The Bertz CT molecular complexity index is 561. The molecule has 0 aromatic heterocycles. The second-order valence-corrected chi connectivity index (χ2v) is 4.05. The fourth-order valence-electron chi connectivity index (χ4n) is 2.05.